The number of carbonyl (C=O) groups is 1. The van der Waals surface area contributed by atoms with Crippen molar-refractivity contribution in [3.05, 3.63) is 24.3 Å². The highest BCUT2D eigenvalue weighted by Gasteiger charge is 2.19. The summed E-state index contributed by atoms with van der Waals surface area (Å²) in [4.78, 5) is 20.2. The van der Waals surface area contributed by atoms with Gasteiger partial charge in [-0.1, -0.05) is 18.9 Å². The number of rotatable bonds is 9. The smallest absolute Gasteiger partial charge is 0.305 e. The van der Waals surface area contributed by atoms with Crippen LogP contribution in [0, 0.1) is 0 Å². The van der Waals surface area contributed by atoms with Crippen LogP contribution in [0.2, 0.25) is 0 Å². The van der Waals surface area contributed by atoms with Gasteiger partial charge >= 0.3 is 5.97 Å². The van der Waals surface area contributed by atoms with Gasteiger partial charge in [-0.05, 0) is 25.0 Å². The summed E-state index contributed by atoms with van der Waals surface area (Å²) >= 11 is 0. The number of halogens is 1. The molecule has 0 spiro atoms. The number of unbranched alkanes of at least 4 members (excludes halogenated alkanes) is 3. The van der Waals surface area contributed by atoms with E-state index in [4.69, 9.17) is 4.74 Å². The molecule has 164 valence electrons. The number of hydrogen-bond donors (Lipinski definition) is 1. The molecule has 1 saturated heterocycles. The van der Waals surface area contributed by atoms with Crippen LogP contribution in [0.5, 0.6) is 5.75 Å². The van der Waals surface area contributed by atoms with Crippen LogP contribution in [0.1, 0.15) is 32.1 Å². The summed E-state index contributed by atoms with van der Waals surface area (Å²) in [5.74, 6) is 1.75. The summed E-state index contributed by atoms with van der Waals surface area (Å²) in [6.07, 6.45) is 4.64. The summed E-state index contributed by atoms with van der Waals surface area (Å²) in [5, 5.41) is 3.47. The Bertz CT molecular complexity index is 634. The van der Waals surface area contributed by atoms with Gasteiger partial charge in [0.2, 0.25) is 0 Å². The van der Waals surface area contributed by atoms with E-state index < -0.39 is 0 Å². The van der Waals surface area contributed by atoms with Gasteiger partial charge in [-0.3, -0.25) is 9.79 Å². The van der Waals surface area contributed by atoms with Crippen molar-refractivity contribution in [3.8, 4) is 5.75 Å². The molecular weight excluding hydrogens is 483 g/mol. The minimum Gasteiger partial charge on any atom is -0.497 e. The van der Waals surface area contributed by atoms with Gasteiger partial charge in [-0.15, -0.1) is 24.0 Å². The van der Waals surface area contributed by atoms with E-state index in [-0.39, 0.29) is 29.9 Å². The molecule has 1 aliphatic rings. The van der Waals surface area contributed by atoms with Gasteiger partial charge in [0.15, 0.2) is 5.96 Å². The zero-order valence-corrected chi connectivity index (χ0v) is 20.2. The third-order valence-corrected chi connectivity index (χ3v) is 5.03. The van der Waals surface area contributed by atoms with E-state index in [2.05, 4.69) is 37.0 Å². The van der Waals surface area contributed by atoms with Gasteiger partial charge in [0.1, 0.15) is 5.75 Å². The van der Waals surface area contributed by atoms with Crippen molar-refractivity contribution in [1.29, 1.82) is 0 Å². The van der Waals surface area contributed by atoms with Crippen molar-refractivity contribution < 1.29 is 14.3 Å². The van der Waals surface area contributed by atoms with Crippen molar-refractivity contribution >= 4 is 41.6 Å². The Kier molecular flexibility index (Phi) is 12.5. The fourth-order valence-electron chi connectivity index (χ4n) is 3.37. The SMILES string of the molecule is CN=C(NCCCCCCC(=O)OC)N1CCN(c2cccc(OC)c2)CC1.I. The number of guanidine groups is 1. The molecule has 8 heteroatoms. The first-order valence-electron chi connectivity index (χ1n) is 10.1. The Morgan fingerprint density at radius 1 is 1.10 bits per heavy atom. The van der Waals surface area contributed by atoms with Crippen LogP contribution in [0.4, 0.5) is 5.69 Å². The summed E-state index contributed by atoms with van der Waals surface area (Å²) in [6.45, 7) is 4.70. The number of piperazine rings is 1. The average molecular weight is 518 g/mol. The summed E-state index contributed by atoms with van der Waals surface area (Å²) in [5.41, 5.74) is 1.20. The molecule has 2 rings (SSSR count). The fourth-order valence-corrected chi connectivity index (χ4v) is 3.37. The third-order valence-electron chi connectivity index (χ3n) is 5.03. The van der Waals surface area contributed by atoms with Gasteiger partial charge < -0.3 is 24.6 Å². The van der Waals surface area contributed by atoms with Gasteiger partial charge in [-0.25, -0.2) is 0 Å². The molecule has 0 atom stereocenters. The average Bonchev–Trinajstić information content (AvgIpc) is 2.75. The lowest BCUT2D eigenvalue weighted by atomic mass is 10.1. The van der Waals surface area contributed by atoms with Crippen LogP contribution < -0.4 is 15.0 Å². The highest BCUT2D eigenvalue weighted by Crippen LogP contribution is 2.22. The fraction of sp³-hybridized carbons (Fsp3) is 0.619. The molecule has 1 N–H and O–H groups in total. The maximum absolute atomic E-state index is 11.1. The number of nitrogens with zero attached hydrogens (tertiary/aromatic N) is 3. The molecule has 0 radical (unpaired) electrons. The molecule has 1 heterocycles. The van der Waals surface area contributed by atoms with Crippen molar-refractivity contribution in [2.45, 2.75) is 32.1 Å². The second-order valence-corrected chi connectivity index (χ2v) is 6.89. The minimum absolute atomic E-state index is 0. The lowest BCUT2D eigenvalue weighted by Crippen LogP contribution is -2.52. The number of ether oxygens (including phenoxy) is 2. The third kappa shape index (κ3) is 8.67. The highest BCUT2D eigenvalue weighted by molar-refractivity contribution is 14.0. The first-order chi connectivity index (χ1) is 13.7. The van der Waals surface area contributed by atoms with E-state index in [1.165, 1.54) is 12.8 Å². The molecule has 0 unspecified atom stereocenters. The number of esters is 1. The maximum Gasteiger partial charge on any atom is 0.305 e. The zero-order valence-electron chi connectivity index (χ0n) is 17.9. The van der Waals surface area contributed by atoms with Crippen LogP contribution in [0.3, 0.4) is 0 Å². The van der Waals surface area contributed by atoms with Crippen molar-refractivity contribution in [2.75, 3.05) is 58.9 Å². The number of carbonyl (C=O) groups excluding carboxylic acids is 1. The molecule has 1 aliphatic heterocycles. The van der Waals surface area contributed by atoms with E-state index in [1.807, 2.05) is 19.2 Å². The Labute approximate surface area is 191 Å². The second-order valence-electron chi connectivity index (χ2n) is 6.89. The van der Waals surface area contributed by atoms with E-state index in [0.717, 1.165) is 70.1 Å². The lowest BCUT2D eigenvalue weighted by molar-refractivity contribution is -0.140. The number of anilines is 1. The zero-order chi connectivity index (χ0) is 20.2. The standard InChI is InChI=1S/C21H34N4O3.HI/c1-22-21(23-12-7-5-4-6-11-20(26)28-3)25-15-13-24(14-16-25)18-9-8-10-19(17-18)27-2;/h8-10,17H,4-7,11-16H2,1-3H3,(H,22,23);1H. The number of methoxy groups -OCH3 is 2. The number of benzene rings is 1. The normalized spacial score (nSPS) is 14.2. The molecule has 0 saturated carbocycles. The molecule has 1 fully saturated rings. The van der Waals surface area contributed by atoms with Crippen molar-refractivity contribution in [1.82, 2.24) is 10.2 Å². The highest BCUT2D eigenvalue weighted by atomic mass is 127. The molecular formula is C21H35IN4O3. The van der Waals surface area contributed by atoms with Crippen LogP contribution >= 0.6 is 24.0 Å². The summed E-state index contributed by atoms with van der Waals surface area (Å²) in [6, 6.07) is 8.22. The molecule has 0 bridgehead atoms. The molecule has 29 heavy (non-hydrogen) atoms. The second kappa shape index (κ2) is 14.3. The first kappa shape index (κ1) is 25.3. The van der Waals surface area contributed by atoms with Gasteiger partial charge in [0, 0.05) is 57.9 Å². The lowest BCUT2D eigenvalue weighted by Gasteiger charge is -2.37. The number of aliphatic imine (C=N–C) groups is 1. The van der Waals surface area contributed by atoms with E-state index in [1.54, 1.807) is 7.11 Å². The van der Waals surface area contributed by atoms with Gasteiger partial charge in [0.05, 0.1) is 14.2 Å². The number of nitrogens with one attached hydrogen (secondary N) is 1. The van der Waals surface area contributed by atoms with Crippen molar-refractivity contribution in [3.63, 3.8) is 0 Å². The molecule has 1 aromatic rings. The first-order valence-corrected chi connectivity index (χ1v) is 10.1. The molecule has 1 aromatic carbocycles. The molecule has 0 amide bonds. The van der Waals surface area contributed by atoms with Crippen molar-refractivity contribution in [2.24, 2.45) is 4.99 Å². The quantitative estimate of drug-likeness (QED) is 0.178. The number of hydrogen-bond acceptors (Lipinski definition) is 5. The summed E-state index contributed by atoms with van der Waals surface area (Å²) < 4.78 is 9.99. The predicted molar refractivity (Wildman–Crippen MR) is 129 cm³/mol. The Morgan fingerprint density at radius 2 is 1.83 bits per heavy atom. The van der Waals surface area contributed by atoms with Gasteiger partial charge in [-0.2, -0.15) is 0 Å². The Morgan fingerprint density at radius 3 is 2.48 bits per heavy atom. The Hall–Kier alpha value is -1.71. The van der Waals surface area contributed by atoms with Gasteiger partial charge in [0.25, 0.3) is 0 Å². The van der Waals surface area contributed by atoms with Crippen LogP contribution in [-0.2, 0) is 9.53 Å². The largest absolute Gasteiger partial charge is 0.497 e. The van der Waals surface area contributed by atoms with E-state index in [0.29, 0.717) is 6.42 Å². The molecule has 0 aliphatic carbocycles. The van der Waals surface area contributed by atoms with E-state index >= 15 is 0 Å². The summed E-state index contributed by atoms with van der Waals surface area (Å²) in [7, 11) is 4.98. The van der Waals surface area contributed by atoms with E-state index in [9.17, 15) is 4.79 Å². The Balaban J connectivity index is 0.00000420. The minimum atomic E-state index is -0.119. The van der Waals surface area contributed by atoms with Crippen LogP contribution in [0.15, 0.2) is 29.3 Å². The van der Waals surface area contributed by atoms with Crippen LogP contribution in [0.25, 0.3) is 0 Å². The monoisotopic (exact) mass is 518 g/mol. The molecule has 7 nitrogen and oxygen atoms in total. The maximum atomic E-state index is 11.1. The van der Waals surface area contributed by atoms with Crippen LogP contribution in [-0.4, -0.2) is 70.8 Å². The molecule has 0 aromatic heterocycles. The topological polar surface area (TPSA) is 66.4 Å². The predicted octanol–water partition coefficient (Wildman–Crippen LogP) is 3.13.